The summed E-state index contributed by atoms with van der Waals surface area (Å²) < 4.78 is 4.55. The fourth-order valence-corrected chi connectivity index (χ4v) is 4.28. The molecule has 3 heterocycles. The first-order valence-corrected chi connectivity index (χ1v) is 11.7. The van der Waals surface area contributed by atoms with Crippen LogP contribution in [0.25, 0.3) is 45.1 Å². The smallest absolute Gasteiger partial charge is 1.00 e. The quantitative estimate of drug-likeness (QED) is 0.217. The van der Waals surface area contributed by atoms with Crippen molar-refractivity contribution in [1.29, 1.82) is 0 Å². The number of hydrogen-bond donors (Lipinski definition) is 0. The number of imidazole rings is 2. The molecule has 5 rings (SSSR count). The summed E-state index contributed by atoms with van der Waals surface area (Å²) in [5, 5.41) is 0. The zero-order chi connectivity index (χ0) is 23.7. The SMILES string of the molecule is CN(C)CCn1c(-c2cccc(-c3nc4ccccc4n3CCN(C)C)n2)nc2ccccc21.[Cl-].[Cl-].[Co+2]. The molecule has 7 nitrogen and oxygen atoms in total. The first kappa shape index (κ1) is 30.8. The van der Waals surface area contributed by atoms with Crippen LogP contribution < -0.4 is 24.8 Å². The van der Waals surface area contributed by atoms with Crippen molar-refractivity contribution in [2.45, 2.75) is 13.1 Å². The van der Waals surface area contributed by atoms with E-state index in [1.165, 1.54) is 0 Å². The molecule has 0 bridgehead atoms. The third-order valence-corrected chi connectivity index (χ3v) is 6.06. The van der Waals surface area contributed by atoms with E-state index in [-0.39, 0.29) is 41.6 Å². The summed E-state index contributed by atoms with van der Waals surface area (Å²) in [5.41, 5.74) is 5.95. The Hall–Kier alpha value is -2.46. The molecule has 1 radical (unpaired) electrons. The molecule has 0 aliphatic carbocycles. The van der Waals surface area contributed by atoms with E-state index in [1.807, 2.05) is 24.3 Å². The van der Waals surface area contributed by atoms with Crippen LogP contribution in [0.5, 0.6) is 0 Å². The van der Waals surface area contributed by atoms with Crippen LogP contribution in [0.15, 0.2) is 66.7 Å². The largest absolute Gasteiger partial charge is 2.00 e. The van der Waals surface area contributed by atoms with Crippen LogP contribution in [0.1, 0.15) is 0 Å². The monoisotopic (exact) mass is 582 g/mol. The number of hydrogen-bond acceptors (Lipinski definition) is 5. The summed E-state index contributed by atoms with van der Waals surface area (Å²) in [5.74, 6) is 1.78. The Morgan fingerprint density at radius 1 is 0.568 bits per heavy atom. The van der Waals surface area contributed by atoms with Gasteiger partial charge in [0.2, 0.25) is 0 Å². The van der Waals surface area contributed by atoms with E-state index in [1.54, 1.807) is 0 Å². The summed E-state index contributed by atoms with van der Waals surface area (Å²) in [4.78, 5) is 19.4. The number of benzene rings is 2. The molecule has 0 fully saturated rings. The van der Waals surface area contributed by atoms with Crippen LogP contribution in [-0.2, 0) is 29.9 Å². The summed E-state index contributed by atoms with van der Waals surface area (Å²) in [6.07, 6.45) is 0. The minimum Gasteiger partial charge on any atom is -1.00 e. The van der Waals surface area contributed by atoms with Crippen molar-refractivity contribution < 1.29 is 41.6 Å². The first-order chi connectivity index (χ1) is 16.5. The molecule has 2 aromatic carbocycles. The normalized spacial score (nSPS) is 11.0. The Labute approximate surface area is 240 Å². The first-order valence-electron chi connectivity index (χ1n) is 11.7. The van der Waals surface area contributed by atoms with Gasteiger partial charge in [0.05, 0.1) is 22.1 Å². The minimum absolute atomic E-state index is 0. The van der Waals surface area contributed by atoms with Gasteiger partial charge in [-0.15, -0.1) is 0 Å². The van der Waals surface area contributed by atoms with Gasteiger partial charge in [-0.05, 0) is 64.6 Å². The van der Waals surface area contributed by atoms with Crippen LogP contribution in [0.2, 0.25) is 0 Å². The Bertz CT molecular complexity index is 1340. The van der Waals surface area contributed by atoms with Gasteiger partial charge in [0.15, 0.2) is 11.6 Å². The molecule has 5 aromatic rings. The maximum absolute atomic E-state index is 5.09. The molecule has 3 aromatic heterocycles. The van der Waals surface area contributed by atoms with Crippen molar-refractivity contribution in [3.63, 3.8) is 0 Å². The summed E-state index contributed by atoms with van der Waals surface area (Å²) in [7, 11) is 8.37. The van der Waals surface area contributed by atoms with Crippen LogP contribution >= 0.6 is 0 Å². The average Bonchev–Trinajstić information content (AvgIpc) is 3.40. The van der Waals surface area contributed by atoms with E-state index >= 15 is 0 Å². The number of aromatic nitrogens is 5. The van der Waals surface area contributed by atoms with Crippen molar-refractivity contribution in [2.24, 2.45) is 0 Å². The molecule has 197 valence electrons. The number of pyridine rings is 1. The molecular formula is C27H31Cl2CoN7. The molecule has 0 N–H and O–H groups in total. The maximum atomic E-state index is 5.09. The molecule has 0 atom stereocenters. The number of likely N-dealkylation sites (N-methyl/N-ethyl adjacent to an activating group) is 2. The van der Waals surface area contributed by atoms with Gasteiger partial charge in [0, 0.05) is 26.2 Å². The van der Waals surface area contributed by atoms with E-state index < -0.39 is 0 Å². The molecule has 0 unspecified atom stereocenters. The van der Waals surface area contributed by atoms with Crippen LogP contribution in [-0.4, -0.2) is 75.2 Å². The summed E-state index contributed by atoms with van der Waals surface area (Å²) in [6.45, 7) is 3.53. The second-order valence-corrected chi connectivity index (χ2v) is 9.17. The van der Waals surface area contributed by atoms with Gasteiger partial charge in [-0.1, -0.05) is 30.3 Å². The molecule has 0 amide bonds. The standard InChI is InChI=1S/C27H31N7.2ClH.Co/c1-31(2)16-18-33-24-14-7-5-10-20(24)29-26(33)22-12-9-13-23(28-22)27-30-21-11-6-8-15-25(21)34(27)19-17-32(3)4;;;/h5-15H,16-19H2,1-4H3;2*1H;/q;;;+2/p-2. The van der Waals surface area contributed by atoms with Gasteiger partial charge in [0.25, 0.3) is 0 Å². The second kappa shape index (κ2) is 13.4. The Morgan fingerprint density at radius 2 is 0.973 bits per heavy atom. The van der Waals surface area contributed by atoms with E-state index in [0.717, 1.165) is 71.3 Å². The van der Waals surface area contributed by atoms with Gasteiger partial charge < -0.3 is 43.7 Å². The Balaban J connectivity index is 0.00000160. The topological polar surface area (TPSA) is 55.0 Å². The zero-order valence-corrected chi connectivity index (χ0v) is 24.0. The van der Waals surface area contributed by atoms with Gasteiger partial charge in [-0.2, -0.15) is 0 Å². The third kappa shape index (κ3) is 6.52. The molecule has 0 aliphatic heterocycles. The zero-order valence-electron chi connectivity index (χ0n) is 21.4. The molecule has 0 spiro atoms. The van der Waals surface area contributed by atoms with E-state index in [2.05, 4.69) is 89.6 Å². The predicted octanol–water partition coefficient (Wildman–Crippen LogP) is -1.76. The number of rotatable bonds is 8. The molecule has 0 saturated heterocycles. The fourth-order valence-electron chi connectivity index (χ4n) is 4.28. The molecule has 37 heavy (non-hydrogen) atoms. The van der Waals surface area contributed by atoms with E-state index in [9.17, 15) is 0 Å². The summed E-state index contributed by atoms with van der Waals surface area (Å²) >= 11 is 0. The van der Waals surface area contributed by atoms with Crippen LogP contribution in [0, 0.1) is 0 Å². The second-order valence-electron chi connectivity index (χ2n) is 9.17. The van der Waals surface area contributed by atoms with Crippen LogP contribution in [0.3, 0.4) is 0 Å². The van der Waals surface area contributed by atoms with Crippen molar-refractivity contribution in [1.82, 2.24) is 33.9 Å². The van der Waals surface area contributed by atoms with Crippen molar-refractivity contribution >= 4 is 22.1 Å². The fraction of sp³-hybridized carbons (Fsp3) is 0.296. The number of halogens is 2. The van der Waals surface area contributed by atoms with E-state index in [0.29, 0.717) is 0 Å². The van der Waals surface area contributed by atoms with Gasteiger partial charge in [-0.3, -0.25) is 0 Å². The Kier molecular flexibility index (Phi) is 11.1. The molecular weight excluding hydrogens is 552 g/mol. The predicted molar refractivity (Wildman–Crippen MR) is 139 cm³/mol. The van der Waals surface area contributed by atoms with Gasteiger partial charge in [-0.25, -0.2) is 15.0 Å². The van der Waals surface area contributed by atoms with Crippen LogP contribution in [0.4, 0.5) is 0 Å². The van der Waals surface area contributed by atoms with Crippen molar-refractivity contribution in [3.05, 3.63) is 66.7 Å². The minimum atomic E-state index is 0. The number of nitrogens with zero attached hydrogens (tertiary/aromatic N) is 7. The van der Waals surface area contributed by atoms with Gasteiger partial charge >= 0.3 is 16.8 Å². The molecule has 0 aliphatic rings. The maximum Gasteiger partial charge on any atom is 2.00 e. The average molecular weight is 583 g/mol. The Morgan fingerprint density at radius 3 is 1.38 bits per heavy atom. The van der Waals surface area contributed by atoms with Crippen molar-refractivity contribution in [3.8, 4) is 23.0 Å². The molecule has 10 heteroatoms. The van der Waals surface area contributed by atoms with Crippen molar-refractivity contribution in [2.75, 3.05) is 41.3 Å². The van der Waals surface area contributed by atoms with Gasteiger partial charge in [0.1, 0.15) is 11.4 Å². The number of para-hydroxylation sites is 4. The molecule has 0 saturated carbocycles. The van der Waals surface area contributed by atoms with E-state index in [4.69, 9.17) is 15.0 Å². The summed E-state index contributed by atoms with van der Waals surface area (Å²) in [6, 6.07) is 22.7. The number of fused-ring (bicyclic) bond motifs is 2. The third-order valence-electron chi connectivity index (χ3n) is 6.06.